The first-order valence-electron chi connectivity index (χ1n) is 8.10. The number of hydrogen-bond acceptors (Lipinski definition) is 5. The van der Waals surface area contributed by atoms with E-state index in [1.54, 1.807) is 12.1 Å². The van der Waals surface area contributed by atoms with Crippen molar-refractivity contribution in [1.29, 1.82) is 0 Å². The number of aromatic nitrogens is 2. The van der Waals surface area contributed by atoms with E-state index in [2.05, 4.69) is 15.5 Å². The Morgan fingerprint density at radius 1 is 1.32 bits per heavy atom. The van der Waals surface area contributed by atoms with Gasteiger partial charge in [-0.25, -0.2) is 4.39 Å². The van der Waals surface area contributed by atoms with Gasteiger partial charge in [0, 0.05) is 0 Å². The van der Waals surface area contributed by atoms with E-state index in [1.165, 1.54) is 23.5 Å². The van der Waals surface area contributed by atoms with Crippen LogP contribution in [0.1, 0.15) is 30.2 Å². The molecule has 1 amide bonds. The lowest BCUT2D eigenvalue weighted by molar-refractivity contribution is -0.123. The summed E-state index contributed by atoms with van der Waals surface area (Å²) >= 11 is 1.53. The molecule has 0 aliphatic heterocycles. The van der Waals surface area contributed by atoms with Crippen molar-refractivity contribution in [2.45, 2.75) is 25.3 Å². The molecule has 128 valence electrons. The van der Waals surface area contributed by atoms with Gasteiger partial charge in [-0.05, 0) is 47.9 Å². The van der Waals surface area contributed by atoms with Crippen LogP contribution >= 0.6 is 11.3 Å². The molecule has 1 aliphatic carbocycles. The van der Waals surface area contributed by atoms with E-state index in [9.17, 15) is 9.18 Å². The minimum atomic E-state index is -0.300. The molecule has 1 atom stereocenters. The van der Waals surface area contributed by atoms with Crippen LogP contribution in [0.15, 0.2) is 46.3 Å². The largest absolute Gasteiger partial charge is 0.346 e. The molecule has 1 N–H and O–H groups in total. The maximum Gasteiger partial charge on any atom is 0.246 e. The maximum atomic E-state index is 13.1. The smallest absolute Gasteiger partial charge is 0.246 e. The number of nitrogens with zero attached hydrogens (tertiary/aromatic N) is 2. The fourth-order valence-corrected chi connectivity index (χ4v) is 3.49. The van der Waals surface area contributed by atoms with Gasteiger partial charge in [0.05, 0.1) is 17.3 Å². The zero-order valence-electron chi connectivity index (χ0n) is 13.3. The van der Waals surface area contributed by atoms with Crippen molar-refractivity contribution in [3.05, 3.63) is 59.0 Å². The quantitative estimate of drug-likeness (QED) is 0.730. The molecule has 1 aromatic carbocycles. The number of hydrogen-bond donors (Lipinski definition) is 1. The highest BCUT2D eigenvalue weighted by atomic mass is 32.1. The van der Waals surface area contributed by atoms with Crippen LogP contribution in [0.5, 0.6) is 0 Å². The molecule has 1 unspecified atom stereocenters. The van der Waals surface area contributed by atoms with Crippen LogP contribution < -0.4 is 5.32 Å². The summed E-state index contributed by atoms with van der Waals surface area (Å²) in [4.78, 5) is 17.8. The summed E-state index contributed by atoms with van der Waals surface area (Å²) in [6.45, 7) is 0.182. The summed E-state index contributed by atoms with van der Waals surface area (Å²) in [5.41, 5.74) is 0.839. The Labute approximate surface area is 147 Å². The summed E-state index contributed by atoms with van der Waals surface area (Å²) in [6, 6.07) is 9.97. The molecule has 0 spiro atoms. The monoisotopic (exact) mass is 357 g/mol. The normalized spacial score (nSPS) is 15.1. The molecule has 25 heavy (non-hydrogen) atoms. The molecule has 0 bridgehead atoms. The number of nitrogens with one attached hydrogen (secondary N) is 1. The van der Waals surface area contributed by atoms with E-state index in [0.717, 1.165) is 23.3 Å². The van der Waals surface area contributed by atoms with Gasteiger partial charge in [-0.3, -0.25) is 4.79 Å². The van der Waals surface area contributed by atoms with Gasteiger partial charge in [0.25, 0.3) is 0 Å². The van der Waals surface area contributed by atoms with E-state index in [1.807, 2.05) is 17.5 Å². The van der Waals surface area contributed by atoms with E-state index in [0.29, 0.717) is 17.6 Å². The van der Waals surface area contributed by atoms with Crippen LogP contribution in [0.25, 0.3) is 10.7 Å². The second kappa shape index (κ2) is 6.76. The Hall–Kier alpha value is -2.54. The summed E-state index contributed by atoms with van der Waals surface area (Å²) in [5, 5.41) is 8.74. The average Bonchev–Trinajstić information content (AvgIpc) is 3.12. The number of amides is 1. The molecular weight excluding hydrogens is 341 g/mol. The second-order valence-electron chi connectivity index (χ2n) is 6.07. The van der Waals surface area contributed by atoms with Crippen LogP contribution in [0, 0.1) is 11.7 Å². The molecule has 3 aromatic rings. The average molecular weight is 357 g/mol. The molecule has 1 aliphatic rings. The van der Waals surface area contributed by atoms with Crippen molar-refractivity contribution < 1.29 is 13.7 Å². The SMILES string of the molecule is O=C(NCc1nc(-c2cccs2)no1)C(c1ccc(F)cc1)C1CC1. The van der Waals surface area contributed by atoms with E-state index < -0.39 is 0 Å². The summed E-state index contributed by atoms with van der Waals surface area (Å²) in [7, 11) is 0. The Balaban J connectivity index is 1.43. The van der Waals surface area contributed by atoms with Crippen molar-refractivity contribution in [2.75, 3.05) is 0 Å². The lowest BCUT2D eigenvalue weighted by Gasteiger charge is -2.16. The van der Waals surface area contributed by atoms with Gasteiger partial charge in [-0.15, -0.1) is 11.3 Å². The molecule has 1 fully saturated rings. The van der Waals surface area contributed by atoms with E-state index in [4.69, 9.17) is 4.52 Å². The number of halogens is 1. The molecule has 2 aromatic heterocycles. The van der Waals surface area contributed by atoms with Crippen molar-refractivity contribution >= 4 is 17.2 Å². The third-order valence-electron chi connectivity index (χ3n) is 4.23. The fraction of sp³-hybridized carbons (Fsp3) is 0.278. The Morgan fingerprint density at radius 2 is 2.12 bits per heavy atom. The van der Waals surface area contributed by atoms with Gasteiger partial charge < -0.3 is 9.84 Å². The maximum absolute atomic E-state index is 13.1. The minimum Gasteiger partial charge on any atom is -0.346 e. The number of carbonyl (C=O) groups is 1. The zero-order valence-corrected chi connectivity index (χ0v) is 14.1. The highest BCUT2D eigenvalue weighted by Gasteiger charge is 2.37. The van der Waals surface area contributed by atoms with Gasteiger partial charge >= 0.3 is 0 Å². The van der Waals surface area contributed by atoms with E-state index in [-0.39, 0.29) is 24.2 Å². The number of rotatable bonds is 6. The van der Waals surface area contributed by atoms with Crippen LogP contribution in [0.2, 0.25) is 0 Å². The number of carbonyl (C=O) groups excluding carboxylic acids is 1. The van der Waals surface area contributed by atoms with Gasteiger partial charge in [0.1, 0.15) is 5.82 Å². The molecular formula is C18H16FN3O2S. The first kappa shape index (κ1) is 16.0. The van der Waals surface area contributed by atoms with Gasteiger partial charge in [0.15, 0.2) is 0 Å². The lowest BCUT2D eigenvalue weighted by atomic mass is 9.93. The van der Waals surface area contributed by atoms with Gasteiger partial charge in [-0.2, -0.15) is 4.98 Å². The van der Waals surface area contributed by atoms with Gasteiger partial charge in [-0.1, -0.05) is 23.4 Å². The van der Waals surface area contributed by atoms with E-state index >= 15 is 0 Å². The van der Waals surface area contributed by atoms with Gasteiger partial charge in [0.2, 0.25) is 17.6 Å². The Kier molecular flexibility index (Phi) is 4.31. The van der Waals surface area contributed by atoms with Crippen molar-refractivity contribution in [3.8, 4) is 10.7 Å². The Morgan fingerprint density at radius 3 is 2.80 bits per heavy atom. The van der Waals surface area contributed by atoms with Crippen LogP contribution in [-0.4, -0.2) is 16.0 Å². The summed E-state index contributed by atoms with van der Waals surface area (Å²) in [6.07, 6.45) is 2.02. The van der Waals surface area contributed by atoms with Crippen molar-refractivity contribution in [2.24, 2.45) is 5.92 Å². The summed E-state index contributed by atoms with van der Waals surface area (Å²) in [5.74, 6) is 0.549. The van der Waals surface area contributed by atoms with Crippen LogP contribution in [0.3, 0.4) is 0 Å². The molecule has 0 radical (unpaired) electrons. The minimum absolute atomic E-state index is 0.0926. The second-order valence-corrected chi connectivity index (χ2v) is 7.02. The molecule has 7 heteroatoms. The number of benzene rings is 1. The van der Waals surface area contributed by atoms with Crippen LogP contribution in [-0.2, 0) is 11.3 Å². The van der Waals surface area contributed by atoms with Crippen LogP contribution in [0.4, 0.5) is 4.39 Å². The predicted octanol–water partition coefficient (Wildman–Crippen LogP) is 3.75. The molecule has 2 heterocycles. The zero-order chi connectivity index (χ0) is 17.2. The highest BCUT2D eigenvalue weighted by Crippen LogP contribution is 2.42. The Bertz CT molecular complexity index is 857. The first-order chi connectivity index (χ1) is 12.2. The molecule has 1 saturated carbocycles. The molecule has 0 saturated heterocycles. The topological polar surface area (TPSA) is 68.0 Å². The lowest BCUT2D eigenvalue weighted by Crippen LogP contribution is -2.30. The predicted molar refractivity (Wildman–Crippen MR) is 91.3 cm³/mol. The fourth-order valence-electron chi connectivity index (χ4n) is 2.84. The van der Waals surface area contributed by atoms with Crippen molar-refractivity contribution in [3.63, 3.8) is 0 Å². The standard InChI is InChI=1S/C18H16FN3O2S/c19-13-7-5-12(6-8-13)16(11-3-4-11)18(23)20-10-15-21-17(22-24-15)14-2-1-9-25-14/h1-2,5-9,11,16H,3-4,10H2,(H,20,23). The molecule has 5 nitrogen and oxygen atoms in total. The molecule has 4 rings (SSSR count). The highest BCUT2D eigenvalue weighted by molar-refractivity contribution is 7.13. The number of thiophene rings is 1. The third-order valence-corrected chi connectivity index (χ3v) is 5.09. The van der Waals surface area contributed by atoms with Crippen molar-refractivity contribution in [1.82, 2.24) is 15.5 Å². The first-order valence-corrected chi connectivity index (χ1v) is 8.98. The summed E-state index contributed by atoms with van der Waals surface area (Å²) < 4.78 is 18.3. The third kappa shape index (κ3) is 3.61.